The summed E-state index contributed by atoms with van der Waals surface area (Å²) in [6.45, 7) is 5.39. The van der Waals surface area contributed by atoms with E-state index in [1.807, 2.05) is 24.8 Å². The normalized spacial score (nSPS) is 22.3. The number of amides is 1. The molecular formula is C23H27F3N4O2. The number of fused-ring (bicyclic) bond motifs is 1. The molecule has 0 spiro atoms. The number of piperidine rings is 1. The summed E-state index contributed by atoms with van der Waals surface area (Å²) in [5.41, 5.74) is 0.265. The second kappa shape index (κ2) is 8.96. The summed E-state index contributed by atoms with van der Waals surface area (Å²) in [5, 5.41) is 3.10. The molecule has 2 aliphatic rings. The van der Waals surface area contributed by atoms with Gasteiger partial charge in [0.05, 0.1) is 12.2 Å². The molecule has 0 unspecified atom stereocenters. The number of aromatic nitrogens is 2. The fourth-order valence-electron chi connectivity index (χ4n) is 4.19. The van der Waals surface area contributed by atoms with E-state index in [0.717, 1.165) is 37.2 Å². The van der Waals surface area contributed by atoms with E-state index in [0.29, 0.717) is 48.8 Å². The molecule has 1 N–H and O–H groups in total. The molecule has 1 saturated carbocycles. The van der Waals surface area contributed by atoms with Crippen LogP contribution in [0, 0.1) is 18.8 Å². The molecule has 2 aromatic rings. The molecule has 1 aliphatic heterocycles. The summed E-state index contributed by atoms with van der Waals surface area (Å²) in [6, 6.07) is 5.83. The van der Waals surface area contributed by atoms with E-state index in [1.54, 1.807) is 6.07 Å². The van der Waals surface area contributed by atoms with Crippen LogP contribution in [-0.2, 0) is 6.18 Å². The zero-order valence-electron chi connectivity index (χ0n) is 18.2. The van der Waals surface area contributed by atoms with E-state index in [2.05, 4.69) is 15.3 Å². The van der Waals surface area contributed by atoms with Crippen LogP contribution in [0.15, 0.2) is 30.5 Å². The number of rotatable bonds is 7. The molecule has 2 aromatic heterocycles. The van der Waals surface area contributed by atoms with E-state index < -0.39 is 11.7 Å². The molecule has 172 valence electrons. The molecule has 3 atom stereocenters. The van der Waals surface area contributed by atoms with Crippen molar-refractivity contribution in [2.24, 2.45) is 11.8 Å². The average Bonchev–Trinajstić information content (AvgIpc) is 3.53. The Bertz CT molecular complexity index is 965. The Labute approximate surface area is 185 Å². The highest BCUT2D eigenvalue weighted by Gasteiger charge is 2.47. The Balaban J connectivity index is 1.49. The van der Waals surface area contributed by atoms with Gasteiger partial charge in [0, 0.05) is 31.0 Å². The summed E-state index contributed by atoms with van der Waals surface area (Å²) in [7, 11) is 0. The van der Waals surface area contributed by atoms with Crippen LogP contribution in [0.2, 0.25) is 0 Å². The van der Waals surface area contributed by atoms with Crippen molar-refractivity contribution < 1.29 is 22.7 Å². The van der Waals surface area contributed by atoms with Crippen LogP contribution in [-0.4, -0.2) is 46.5 Å². The molecule has 0 radical (unpaired) electrons. The van der Waals surface area contributed by atoms with Gasteiger partial charge in [-0.3, -0.25) is 4.79 Å². The number of nitrogens with zero attached hydrogens (tertiary/aromatic N) is 3. The molecule has 0 bridgehead atoms. The smallest absolute Gasteiger partial charge is 0.417 e. The molecule has 3 heterocycles. The van der Waals surface area contributed by atoms with Crippen LogP contribution in [0.25, 0.3) is 0 Å². The monoisotopic (exact) mass is 448 g/mol. The fraction of sp³-hybridized carbons (Fsp3) is 0.522. The van der Waals surface area contributed by atoms with E-state index in [1.165, 1.54) is 6.07 Å². The summed E-state index contributed by atoms with van der Waals surface area (Å²) in [5.74, 6) is 1.76. The molecule has 32 heavy (non-hydrogen) atoms. The van der Waals surface area contributed by atoms with Crippen molar-refractivity contribution >= 4 is 11.7 Å². The third-order valence-corrected chi connectivity index (χ3v) is 6.05. The van der Waals surface area contributed by atoms with Crippen molar-refractivity contribution in [1.82, 2.24) is 14.9 Å². The van der Waals surface area contributed by atoms with Crippen molar-refractivity contribution in [2.75, 3.05) is 25.0 Å². The molecule has 2 fully saturated rings. The zero-order chi connectivity index (χ0) is 22.9. The first-order valence-electron chi connectivity index (χ1n) is 10.9. The van der Waals surface area contributed by atoms with Crippen LogP contribution in [0.1, 0.15) is 47.9 Å². The van der Waals surface area contributed by atoms with Gasteiger partial charge in [-0.15, -0.1) is 0 Å². The number of hydrogen-bond acceptors (Lipinski definition) is 5. The van der Waals surface area contributed by atoms with Crippen LogP contribution >= 0.6 is 0 Å². The van der Waals surface area contributed by atoms with E-state index in [9.17, 15) is 18.0 Å². The quantitative estimate of drug-likeness (QED) is 0.673. The average molecular weight is 448 g/mol. The number of nitrogens with one attached hydrogen (secondary N) is 1. The highest BCUT2D eigenvalue weighted by molar-refractivity contribution is 5.95. The summed E-state index contributed by atoms with van der Waals surface area (Å²) in [6.07, 6.45) is -0.837. The maximum absolute atomic E-state index is 13.5. The zero-order valence-corrected chi connectivity index (χ0v) is 18.2. The van der Waals surface area contributed by atoms with Crippen molar-refractivity contribution in [1.29, 1.82) is 0 Å². The Morgan fingerprint density at radius 1 is 1.22 bits per heavy atom. The summed E-state index contributed by atoms with van der Waals surface area (Å²) in [4.78, 5) is 23.7. The van der Waals surface area contributed by atoms with Crippen molar-refractivity contribution in [2.45, 2.75) is 45.3 Å². The van der Waals surface area contributed by atoms with Gasteiger partial charge < -0.3 is 15.0 Å². The number of aryl methyl sites for hydroxylation is 1. The molecule has 4 rings (SSSR count). The fourth-order valence-corrected chi connectivity index (χ4v) is 4.19. The number of hydrogen-bond donors (Lipinski definition) is 1. The van der Waals surface area contributed by atoms with E-state index in [4.69, 9.17) is 4.74 Å². The van der Waals surface area contributed by atoms with E-state index >= 15 is 0 Å². The number of alkyl halides is 3. The van der Waals surface area contributed by atoms with Gasteiger partial charge >= 0.3 is 6.18 Å². The molecule has 1 saturated heterocycles. The minimum Gasteiger partial charge on any atom is -0.491 e. The van der Waals surface area contributed by atoms with Gasteiger partial charge in [-0.25, -0.2) is 9.97 Å². The lowest BCUT2D eigenvalue weighted by Gasteiger charge is -2.35. The van der Waals surface area contributed by atoms with Crippen LogP contribution in [0.5, 0.6) is 5.75 Å². The van der Waals surface area contributed by atoms with E-state index in [-0.39, 0.29) is 11.9 Å². The molecule has 9 heteroatoms. The van der Waals surface area contributed by atoms with Crippen LogP contribution in [0.3, 0.4) is 0 Å². The molecule has 6 nitrogen and oxygen atoms in total. The van der Waals surface area contributed by atoms with Gasteiger partial charge in [-0.05, 0) is 62.3 Å². The van der Waals surface area contributed by atoms with Gasteiger partial charge in [0.1, 0.15) is 5.82 Å². The number of carbonyl (C=O) groups is 1. The second-order valence-electron chi connectivity index (χ2n) is 8.56. The van der Waals surface area contributed by atoms with Crippen molar-refractivity contribution in [3.8, 4) is 5.75 Å². The lowest BCUT2D eigenvalue weighted by Crippen LogP contribution is -2.48. The largest absolute Gasteiger partial charge is 0.491 e. The highest BCUT2D eigenvalue weighted by atomic mass is 19.4. The minimum atomic E-state index is -4.42. The Hall–Kier alpha value is -2.84. The summed E-state index contributed by atoms with van der Waals surface area (Å²) >= 11 is 0. The lowest BCUT2D eigenvalue weighted by molar-refractivity contribution is -0.137. The Morgan fingerprint density at radius 3 is 2.72 bits per heavy atom. The van der Waals surface area contributed by atoms with Gasteiger partial charge in [-0.1, -0.05) is 6.92 Å². The number of anilines is 1. The first-order valence-corrected chi connectivity index (χ1v) is 10.9. The number of pyridine rings is 2. The van der Waals surface area contributed by atoms with Crippen molar-refractivity contribution in [3.05, 3.63) is 47.4 Å². The van der Waals surface area contributed by atoms with Gasteiger partial charge in [0.15, 0.2) is 11.4 Å². The van der Waals surface area contributed by atoms with Gasteiger partial charge in [-0.2, -0.15) is 13.2 Å². The summed E-state index contributed by atoms with van der Waals surface area (Å²) < 4.78 is 44.1. The highest BCUT2D eigenvalue weighted by Crippen LogP contribution is 2.47. The lowest BCUT2D eigenvalue weighted by atomic mass is 10.0. The third kappa shape index (κ3) is 4.97. The molecule has 1 aliphatic carbocycles. The standard InChI is InChI=1S/C23H27F3N4O2/c1-3-8-32-19-6-4-14(2)29-21(19)22(31)30-13-16-9-15(16)10-18(30)12-28-20-7-5-17(11-27-20)23(24,25)26/h4-7,11,15-16,18H,3,8-10,12-13H2,1-2H3,(H,27,28)/t15-,16+,18-/m0/s1. The van der Waals surface area contributed by atoms with Gasteiger partial charge in [0.2, 0.25) is 0 Å². The topological polar surface area (TPSA) is 67.3 Å². The number of carbonyl (C=O) groups excluding carboxylic acids is 1. The van der Waals surface area contributed by atoms with Crippen molar-refractivity contribution in [3.63, 3.8) is 0 Å². The second-order valence-corrected chi connectivity index (χ2v) is 8.56. The Morgan fingerprint density at radius 2 is 2.03 bits per heavy atom. The van der Waals surface area contributed by atoms with Crippen LogP contribution < -0.4 is 10.1 Å². The maximum atomic E-state index is 13.5. The SMILES string of the molecule is CCCOc1ccc(C)nc1C(=O)N1C[C@H]2C[C@H]2C[C@H]1CNc1ccc(C(F)(F)F)cn1. The predicted molar refractivity (Wildman–Crippen MR) is 114 cm³/mol. The first kappa shape index (κ1) is 22.4. The molecule has 0 aromatic carbocycles. The first-order chi connectivity index (χ1) is 15.3. The number of ether oxygens (including phenoxy) is 1. The minimum absolute atomic E-state index is 0.100. The predicted octanol–water partition coefficient (Wildman–Crippen LogP) is 4.56. The Kier molecular flexibility index (Phi) is 6.26. The number of halogens is 3. The molecular weight excluding hydrogens is 421 g/mol. The van der Waals surface area contributed by atoms with Gasteiger partial charge in [0.25, 0.3) is 5.91 Å². The van der Waals surface area contributed by atoms with Crippen LogP contribution in [0.4, 0.5) is 19.0 Å². The molecule has 1 amide bonds. The number of likely N-dealkylation sites (tertiary alicyclic amines) is 1. The maximum Gasteiger partial charge on any atom is 0.417 e. The third-order valence-electron chi connectivity index (χ3n) is 6.05.